The second-order valence-corrected chi connectivity index (χ2v) is 8.24. The molecule has 1 saturated carbocycles. The van der Waals surface area contributed by atoms with E-state index in [1.165, 1.54) is 77.8 Å². The molecule has 0 N–H and O–H groups in total. The molecule has 0 aromatic rings. The molecule has 1 aliphatic carbocycles. The first-order chi connectivity index (χ1) is 11.1. The van der Waals surface area contributed by atoms with E-state index in [0.717, 1.165) is 11.8 Å². The maximum atomic E-state index is 5.97. The highest BCUT2D eigenvalue weighted by molar-refractivity contribution is 4.76. The molecular formula is C20H40N2O. The van der Waals surface area contributed by atoms with Crippen molar-refractivity contribution in [3.63, 3.8) is 0 Å². The summed E-state index contributed by atoms with van der Waals surface area (Å²) < 4.78 is 5.97. The minimum Gasteiger partial charge on any atom is -0.376 e. The molecule has 0 radical (unpaired) electrons. The lowest BCUT2D eigenvalue weighted by Gasteiger charge is -2.35. The molecule has 2 rings (SSSR count). The summed E-state index contributed by atoms with van der Waals surface area (Å²) in [5.41, 5.74) is 0. The van der Waals surface area contributed by atoms with E-state index in [1.807, 2.05) is 0 Å². The summed E-state index contributed by atoms with van der Waals surface area (Å²) in [7, 11) is 0. The normalized spacial score (nSPS) is 29.1. The van der Waals surface area contributed by atoms with Crippen molar-refractivity contribution in [3.05, 3.63) is 0 Å². The summed E-state index contributed by atoms with van der Waals surface area (Å²) >= 11 is 0. The number of likely N-dealkylation sites (N-methyl/N-ethyl adjacent to an activating group) is 1. The Morgan fingerprint density at radius 3 is 2.09 bits per heavy atom. The van der Waals surface area contributed by atoms with E-state index in [2.05, 4.69) is 37.5 Å². The van der Waals surface area contributed by atoms with Gasteiger partial charge >= 0.3 is 0 Å². The van der Waals surface area contributed by atoms with Crippen molar-refractivity contribution >= 4 is 0 Å². The van der Waals surface area contributed by atoms with Crippen LogP contribution in [0.5, 0.6) is 0 Å². The molecule has 0 unspecified atom stereocenters. The second kappa shape index (κ2) is 10.0. The summed E-state index contributed by atoms with van der Waals surface area (Å²) in [6, 6.07) is 0. The van der Waals surface area contributed by atoms with Gasteiger partial charge in [-0.2, -0.15) is 0 Å². The summed E-state index contributed by atoms with van der Waals surface area (Å²) in [5, 5.41) is 0. The number of nitrogens with zero attached hydrogens (tertiary/aromatic N) is 2. The lowest BCUT2D eigenvalue weighted by Crippen LogP contribution is -2.47. The Hall–Kier alpha value is -0.120. The molecule has 0 aromatic carbocycles. The number of piperazine rings is 1. The van der Waals surface area contributed by atoms with Crippen molar-refractivity contribution in [1.82, 2.24) is 9.80 Å². The van der Waals surface area contributed by atoms with Gasteiger partial charge in [0, 0.05) is 32.7 Å². The number of rotatable bonds is 8. The van der Waals surface area contributed by atoms with Crippen LogP contribution in [0.1, 0.15) is 66.2 Å². The highest BCUT2D eigenvalue weighted by atomic mass is 16.5. The van der Waals surface area contributed by atoms with Gasteiger partial charge in [-0.3, -0.25) is 0 Å². The molecule has 0 aromatic heterocycles. The lowest BCUT2D eigenvalue weighted by molar-refractivity contribution is -0.0206. The van der Waals surface area contributed by atoms with Crippen LogP contribution in [0.25, 0.3) is 0 Å². The smallest absolute Gasteiger partial charge is 0.0578 e. The van der Waals surface area contributed by atoms with Crippen LogP contribution >= 0.6 is 0 Å². The van der Waals surface area contributed by atoms with Crippen molar-refractivity contribution < 1.29 is 4.74 Å². The molecule has 3 heteroatoms. The topological polar surface area (TPSA) is 15.7 Å². The van der Waals surface area contributed by atoms with E-state index in [1.54, 1.807) is 0 Å². The summed E-state index contributed by atoms with van der Waals surface area (Å²) in [6.07, 6.45) is 9.13. The summed E-state index contributed by atoms with van der Waals surface area (Å²) in [5.74, 6) is 1.81. The maximum Gasteiger partial charge on any atom is 0.0578 e. The Kier molecular flexibility index (Phi) is 8.35. The molecule has 136 valence electrons. The van der Waals surface area contributed by atoms with Crippen LogP contribution in [0.3, 0.4) is 0 Å². The third kappa shape index (κ3) is 7.11. The SMILES string of the molecule is CCN1CCN(C[C@@H](C)CC[C@H]2CC[C@H](OC(C)C)CC2)CC1. The Bertz CT molecular complexity index is 305. The first-order valence-corrected chi connectivity index (χ1v) is 10.2. The molecule has 2 aliphatic rings. The second-order valence-electron chi connectivity index (χ2n) is 8.24. The van der Waals surface area contributed by atoms with E-state index in [0.29, 0.717) is 12.2 Å². The quantitative estimate of drug-likeness (QED) is 0.670. The van der Waals surface area contributed by atoms with Gasteiger partial charge in [0.2, 0.25) is 0 Å². The molecular weight excluding hydrogens is 284 g/mol. The van der Waals surface area contributed by atoms with Crippen molar-refractivity contribution in [2.75, 3.05) is 39.3 Å². The summed E-state index contributed by atoms with van der Waals surface area (Å²) in [4.78, 5) is 5.25. The van der Waals surface area contributed by atoms with Crippen LogP contribution in [-0.2, 0) is 4.74 Å². The average Bonchev–Trinajstić information content (AvgIpc) is 2.54. The van der Waals surface area contributed by atoms with Crippen molar-refractivity contribution in [1.29, 1.82) is 0 Å². The lowest BCUT2D eigenvalue weighted by atomic mass is 9.83. The summed E-state index contributed by atoms with van der Waals surface area (Å²) in [6.45, 7) is 16.7. The molecule has 1 heterocycles. The number of ether oxygens (including phenoxy) is 1. The maximum absolute atomic E-state index is 5.97. The molecule has 1 aliphatic heterocycles. The monoisotopic (exact) mass is 324 g/mol. The van der Waals surface area contributed by atoms with E-state index in [9.17, 15) is 0 Å². The molecule has 23 heavy (non-hydrogen) atoms. The first kappa shape index (κ1) is 19.2. The largest absolute Gasteiger partial charge is 0.376 e. The van der Waals surface area contributed by atoms with Gasteiger partial charge in [-0.15, -0.1) is 0 Å². The molecule has 1 saturated heterocycles. The standard InChI is InChI=1S/C20H40N2O/c1-5-21-12-14-22(15-13-21)16-18(4)6-7-19-8-10-20(11-9-19)23-17(2)3/h17-20H,5-16H2,1-4H3/t18-,19-,20-/m0/s1. The number of hydrogen-bond donors (Lipinski definition) is 0. The molecule has 0 bridgehead atoms. The molecule has 3 nitrogen and oxygen atoms in total. The Balaban J connectivity index is 1.56. The van der Waals surface area contributed by atoms with Crippen molar-refractivity contribution in [3.8, 4) is 0 Å². The van der Waals surface area contributed by atoms with E-state index >= 15 is 0 Å². The van der Waals surface area contributed by atoms with Crippen LogP contribution in [-0.4, -0.2) is 61.3 Å². The molecule has 2 fully saturated rings. The third-order valence-corrected chi connectivity index (χ3v) is 5.81. The van der Waals surface area contributed by atoms with Gasteiger partial charge in [-0.05, 0) is 64.3 Å². The van der Waals surface area contributed by atoms with Crippen molar-refractivity contribution in [2.45, 2.75) is 78.4 Å². The molecule has 1 atom stereocenters. The third-order valence-electron chi connectivity index (χ3n) is 5.81. The molecule has 0 amide bonds. The van der Waals surface area contributed by atoms with E-state index < -0.39 is 0 Å². The van der Waals surface area contributed by atoms with Gasteiger partial charge in [0.05, 0.1) is 12.2 Å². The fourth-order valence-corrected chi connectivity index (χ4v) is 4.28. The Labute approximate surface area is 144 Å². The first-order valence-electron chi connectivity index (χ1n) is 10.2. The minimum absolute atomic E-state index is 0.393. The number of hydrogen-bond acceptors (Lipinski definition) is 3. The zero-order valence-electron chi connectivity index (χ0n) is 16.1. The fourth-order valence-electron chi connectivity index (χ4n) is 4.28. The van der Waals surface area contributed by atoms with Gasteiger partial charge in [-0.25, -0.2) is 0 Å². The zero-order valence-corrected chi connectivity index (χ0v) is 16.1. The minimum atomic E-state index is 0.393. The van der Waals surface area contributed by atoms with Crippen molar-refractivity contribution in [2.24, 2.45) is 11.8 Å². The zero-order chi connectivity index (χ0) is 16.7. The Morgan fingerprint density at radius 2 is 1.52 bits per heavy atom. The van der Waals surface area contributed by atoms with Gasteiger partial charge in [0.25, 0.3) is 0 Å². The van der Waals surface area contributed by atoms with Crippen LogP contribution in [0.2, 0.25) is 0 Å². The van der Waals surface area contributed by atoms with Gasteiger partial charge in [0.15, 0.2) is 0 Å². The fraction of sp³-hybridized carbons (Fsp3) is 1.00. The van der Waals surface area contributed by atoms with E-state index in [-0.39, 0.29) is 0 Å². The highest BCUT2D eigenvalue weighted by Gasteiger charge is 2.23. The van der Waals surface area contributed by atoms with E-state index in [4.69, 9.17) is 4.74 Å². The predicted molar refractivity (Wildman–Crippen MR) is 98.9 cm³/mol. The Morgan fingerprint density at radius 1 is 0.913 bits per heavy atom. The van der Waals surface area contributed by atoms with Crippen LogP contribution in [0.4, 0.5) is 0 Å². The van der Waals surface area contributed by atoms with Gasteiger partial charge in [-0.1, -0.05) is 20.3 Å². The van der Waals surface area contributed by atoms with Gasteiger partial charge in [0.1, 0.15) is 0 Å². The van der Waals surface area contributed by atoms with Crippen LogP contribution in [0.15, 0.2) is 0 Å². The van der Waals surface area contributed by atoms with Crippen LogP contribution in [0, 0.1) is 11.8 Å². The molecule has 0 spiro atoms. The average molecular weight is 325 g/mol. The van der Waals surface area contributed by atoms with Crippen LogP contribution < -0.4 is 0 Å². The van der Waals surface area contributed by atoms with Gasteiger partial charge < -0.3 is 14.5 Å². The predicted octanol–water partition coefficient (Wildman–Crippen LogP) is 4.02. The highest BCUT2D eigenvalue weighted by Crippen LogP contribution is 2.31.